The van der Waals surface area contributed by atoms with Crippen LogP contribution < -0.4 is 4.18 Å². The quantitative estimate of drug-likeness (QED) is 0.816. The molecule has 20 heavy (non-hydrogen) atoms. The van der Waals surface area contributed by atoms with Gasteiger partial charge in [-0.05, 0) is 43.2 Å². The normalized spacial score (nSPS) is 11.4. The van der Waals surface area contributed by atoms with Crippen molar-refractivity contribution >= 4 is 10.1 Å². The summed E-state index contributed by atoms with van der Waals surface area (Å²) < 4.78 is 55.7. The van der Waals surface area contributed by atoms with Crippen molar-refractivity contribution in [3.8, 4) is 5.75 Å². The maximum absolute atomic E-state index is 13.5. The lowest BCUT2D eigenvalue weighted by Crippen LogP contribution is -2.13. The summed E-state index contributed by atoms with van der Waals surface area (Å²) in [7, 11) is -4.43. The van der Waals surface area contributed by atoms with E-state index in [0.717, 1.165) is 12.1 Å². The van der Waals surface area contributed by atoms with E-state index >= 15 is 0 Å². The molecule has 0 bridgehead atoms. The lowest BCUT2D eigenvalue weighted by Gasteiger charge is -2.12. The molecule has 0 spiro atoms. The van der Waals surface area contributed by atoms with Crippen LogP contribution in [0.15, 0.2) is 41.3 Å². The van der Waals surface area contributed by atoms with Gasteiger partial charge in [0.25, 0.3) is 0 Å². The second kappa shape index (κ2) is 5.20. The van der Waals surface area contributed by atoms with Gasteiger partial charge < -0.3 is 4.18 Å². The first-order valence-electron chi connectivity index (χ1n) is 5.77. The lowest BCUT2D eigenvalue weighted by molar-refractivity contribution is 0.470. The molecule has 2 aromatic rings. The molecule has 0 fully saturated rings. The van der Waals surface area contributed by atoms with Gasteiger partial charge in [0.15, 0.2) is 0 Å². The van der Waals surface area contributed by atoms with Crippen LogP contribution in [0.1, 0.15) is 11.1 Å². The van der Waals surface area contributed by atoms with Crippen molar-refractivity contribution in [2.75, 3.05) is 0 Å². The molecule has 3 nitrogen and oxygen atoms in total. The number of halogens is 2. The third-order valence-corrected chi connectivity index (χ3v) is 4.00. The van der Waals surface area contributed by atoms with Crippen LogP contribution in [-0.4, -0.2) is 8.42 Å². The molecule has 0 aliphatic rings. The SMILES string of the molecule is Cc1cccc(C)c1OS(=O)(=O)c1cc(F)ccc1F. The molecule has 2 aromatic carbocycles. The number of benzene rings is 2. The van der Waals surface area contributed by atoms with E-state index in [9.17, 15) is 17.2 Å². The van der Waals surface area contributed by atoms with Gasteiger partial charge >= 0.3 is 10.1 Å². The minimum Gasteiger partial charge on any atom is -0.378 e. The Morgan fingerprint density at radius 2 is 1.60 bits per heavy atom. The zero-order valence-electron chi connectivity index (χ0n) is 10.9. The Balaban J connectivity index is 2.49. The molecule has 0 aromatic heterocycles. The molecular weight excluding hydrogens is 286 g/mol. The predicted octanol–water partition coefficient (Wildman–Crippen LogP) is 3.35. The Morgan fingerprint density at radius 1 is 1.00 bits per heavy atom. The van der Waals surface area contributed by atoms with Crippen molar-refractivity contribution < 1.29 is 21.4 Å². The summed E-state index contributed by atoms with van der Waals surface area (Å²) >= 11 is 0. The van der Waals surface area contributed by atoms with Crippen molar-refractivity contribution in [1.82, 2.24) is 0 Å². The van der Waals surface area contributed by atoms with Crippen LogP contribution in [0.4, 0.5) is 8.78 Å². The first kappa shape index (κ1) is 14.5. The van der Waals surface area contributed by atoms with E-state index in [1.165, 1.54) is 0 Å². The fraction of sp³-hybridized carbons (Fsp3) is 0.143. The van der Waals surface area contributed by atoms with Gasteiger partial charge in [-0.3, -0.25) is 0 Å². The Bertz CT molecular complexity index is 735. The maximum atomic E-state index is 13.5. The largest absolute Gasteiger partial charge is 0.378 e. The van der Waals surface area contributed by atoms with Crippen LogP contribution in [0.5, 0.6) is 5.75 Å². The smallest absolute Gasteiger partial charge is 0.342 e. The second-order valence-electron chi connectivity index (χ2n) is 4.33. The van der Waals surface area contributed by atoms with Gasteiger partial charge in [-0.15, -0.1) is 0 Å². The highest BCUT2D eigenvalue weighted by Crippen LogP contribution is 2.27. The van der Waals surface area contributed by atoms with E-state index in [2.05, 4.69) is 0 Å². The number of hydrogen-bond donors (Lipinski definition) is 0. The molecule has 0 heterocycles. The predicted molar refractivity (Wildman–Crippen MR) is 70.1 cm³/mol. The Labute approximate surface area is 115 Å². The first-order chi connectivity index (χ1) is 9.31. The molecule has 0 atom stereocenters. The Hall–Kier alpha value is -1.95. The van der Waals surface area contributed by atoms with Crippen LogP contribution in [-0.2, 0) is 10.1 Å². The highest BCUT2D eigenvalue weighted by molar-refractivity contribution is 7.87. The summed E-state index contributed by atoms with van der Waals surface area (Å²) in [6, 6.07) is 7.26. The Kier molecular flexibility index (Phi) is 3.76. The molecule has 6 heteroatoms. The molecule has 0 saturated heterocycles. The molecule has 0 unspecified atom stereocenters. The molecule has 0 aliphatic heterocycles. The van der Waals surface area contributed by atoms with Gasteiger partial charge in [0.05, 0.1) is 0 Å². The van der Waals surface area contributed by atoms with Crippen molar-refractivity contribution in [3.63, 3.8) is 0 Å². The highest BCUT2D eigenvalue weighted by atomic mass is 32.2. The third-order valence-electron chi connectivity index (χ3n) is 2.76. The van der Waals surface area contributed by atoms with Crippen molar-refractivity contribution in [1.29, 1.82) is 0 Å². The first-order valence-corrected chi connectivity index (χ1v) is 7.18. The van der Waals surface area contributed by atoms with Crippen LogP contribution in [0, 0.1) is 25.5 Å². The van der Waals surface area contributed by atoms with Crippen molar-refractivity contribution in [2.45, 2.75) is 18.7 Å². The van der Waals surface area contributed by atoms with E-state index in [1.54, 1.807) is 32.0 Å². The fourth-order valence-electron chi connectivity index (χ4n) is 1.75. The number of para-hydroxylation sites is 1. The lowest BCUT2D eigenvalue weighted by atomic mass is 10.1. The van der Waals surface area contributed by atoms with E-state index < -0.39 is 26.6 Å². The molecule has 0 N–H and O–H groups in total. The summed E-state index contributed by atoms with van der Waals surface area (Å²) in [5, 5.41) is 0. The number of rotatable bonds is 3. The number of hydrogen-bond acceptors (Lipinski definition) is 3. The van der Waals surface area contributed by atoms with Gasteiger partial charge in [-0.2, -0.15) is 8.42 Å². The van der Waals surface area contributed by atoms with Gasteiger partial charge in [0.1, 0.15) is 22.3 Å². The van der Waals surface area contributed by atoms with Crippen LogP contribution in [0.2, 0.25) is 0 Å². The van der Waals surface area contributed by atoms with Gasteiger partial charge in [0.2, 0.25) is 0 Å². The highest BCUT2D eigenvalue weighted by Gasteiger charge is 2.23. The van der Waals surface area contributed by atoms with Gasteiger partial charge in [0, 0.05) is 0 Å². The molecule has 0 amide bonds. The van der Waals surface area contributed by atoms with Crippen molar-refractivity contribution in [2.24, 2.45) is 0 Å². The van der Waals surface area contributed by atoms with Crippen molar-refractivity contribution in [3.05, 3.63) is 59.2 Å². The average Bonchev–Trinajstić information content (AvgIpc) is 2.37. The molecule has 106 valence electrons. The van der Waals surface area contributed by atoms with E-state index in [0.29, 0.717) is 17.2 Å². The molecule has 2 rings (SSSR count). The molecular formula is C14H12F2O3S. The summed E-state index contributed by atoms with van der Waals surface area (Å²) in [6.45, 7) is 3.33. The Morgan fingerprint density at radius 3 is 2.20 bits per heavy atom. The second-order valence-corrected chi connectivity index (χ2v) is 5.85. The standard InChI is InChI=1S/C14H12F2O3S/c1-9-4-3-5-10(2)14(9)19-20(17,18)13-8-11(15)6-7-12(13)16/h3-8H,1-2H3. The van der Waals surface area contributed by atoms with Crippen LogP contribution >= 0.6 is 0 Å². The molecule has 0 aliphatic carbocycles. The summed E-state index contributed by atoms with van der Waals surface area (Å²) in [4.78, 5) is -0.819. The maximum Gasteiger partial charge on any atom is 0.342 e. The summed E-state index contributed by atoms with van der Waals surface area (Å²) in [5.74, 6) is -1.79. The van der Waals surface area contributed by atoms with Gasteiger partial charge in [-0.25, -0.2) is 8.78 Å². The monoisotopic (exact) mass is 298 g/mol. The molecule has 0 radical (unpaired) electrons. The minimum absolute atomic E-state index is 0.121. The van der Waals surface area contributed by atoms with Gasteiger partial charge in [-0.1, -0.05) is 18.2 Å². The van der Waals surface area contributed by atoms with Crippen LogP contribution in [0.3, 0.4) is 0 Å². The summed E-state index contributed by atoms with van der Waals surface area (Å²) in [5.41, 5.74) is 1.18. The average molecular weight is 298 g/mol. The topological polar surface area (TPSA) is 43.4 Å². The van der Waals surface area contributed by atoms with E-state index in [-0.39, 0.29) is 5.75 Å². The minimum atomic E-state index is -4.43. The zero-order chi connectivity index (χ0) is 14.9. The number of aryl methyl sites for hydroxylation is 2. The fourth-order valence-corrected chi connectivity index (χ4v) is 2.89. The zero-order valence-corrected chi connectivity index (χ0v) is 11.7. The van der Waals surface area contributed by atoms with E-state index in [4.69, 9.17) is 4.18 Å². The third kappa shape index (κ3) is 2.80. The van der Waals surface area contributed by atoms with Crippen LogP contribution in [0.25, 0.3) is 0 Å². The summed E-state index contributed by atoms with van der Waals surface area (Å²) in [6.07, 6.45) is 0. The van der Waals surface area contributed by atoms with E-state index in [1.807, 2.05) is 0 Å². The molecule has 0 saturated carbocycles.